The van der Waals surface area contributed by atoms with Crippen molar-refractivity contribution in [1.29, 1.82) is 0 Å². The molecule has 2 aliphatic rings. The molecule has 7 rings (SSSR count). The van der Waals surface area contributed by atoms with Gasteiger partial charge in [0.2, 0.25) is 0 Å². The number of rotatable bonds is 7. The lowest BCUT2D eigenvalue weighted by Gasteiger charge is -2.31. The summed E-state index contributed by atoms with van der Waals surface area (Å²) in [5, 5.41) is 35.0. The Balaban J connectivity index is 1.11. The molecule has 12 nitrogen and oxygen atoms in total. The average Bonchev–Trinajstić information content (AvgIpc) is 3.38. The number of carbonyl (C=O) groups is 1. The second kappa shape index (κ2) is 10.0. The van der Waals surface area contributed by atoms with Crippen LogP contribution in [0.15, 0.2) is 55.1 Å². The van der Waals surface area contributed by atoms with Crippen LogP contribution in [0.1, 0.15) is 41.4 Å². The van der Waals surface area contributed by atoms with E-state index in [9.17, 15) is 14.3 Å². The Labute approximate surface area is 237 Å². The van der Waals surface area contributed by atoms with Gasteiger partial charge in [0.05, 0.1) is 57.9 Å². The van der Waals surface area contributed by atoms with Gasteiger partial charge in [-0.1, -0.05) is 11.6 Å². The van der Waals surface area contributed by atoms with Gasteiger partial charge in [0, 0.05) is 44.0 Å². The Morgan fingerprint density at radius 3 is 2.80 bits per heavy atom. The summed E-state index contributed by atoms with van der Waals surface area (Å²) in [5.41, 5.74) is 2.65. The molecule has 1 aliphatic carbocycles. The first-order valence-corrected chi connectivity index (χ1v) is 13.6. The zero-order valence-corrected chi connectivity index (χ0v) is 22.4. The number of ether oxygens (including phenoxy) is 1. The van der Waals surface area contributed by atoms with Gasteiger partial charge in [-0.25, -0.2) is 8.91 Å². The molecular formula is C27H25ClFN9O3. The maximum atomic E-state index is 13.4. The number of aromatic nitrogens is 8. The zero-order chi connectivity index (χ0) is 28.1. The van der Waals surface area contributed by atoms with E-state index in [0.29, 0.717) is 72.3 Å². The van der Waals surface area contributed by atoms with Crippen molar-refractivity contribution in [2.24, 2.45) is 0 Å². The van der Waals surface area contributed by atoms with Crippen LogP contribution in [0, 0.1) is 0 Å². The molecule has 0 unspecified atom stereocenters. The summed E-state index contributed by atoms with van der Waals surface area (Å²) in [5.74, 6) is -0.368. The molecule has 5 heterocycles. The van der Waals surface area contributed by atoms with E-state index in [0.717, 1.165) is 11.1 Å². The predicted octanol–water partition coefficient (Wildman–Crippen LogP) is 3.45. The molecule has 5 aromatic rings. The maximum Gasteiger partial charge on any atom is 0.259 e. The fourth-order valence-electron chi connectivity index (χ4n) is 4.98. The van der Waals surface area contributed by atoms with E-state index in [4.69, 9.17) is 16.3 Å². The minimum absolute atomic E-state index is 0.316. The summed E-state index contributed by atoms with van der Waals surface area (Å²) in [4.78, 5) is 14.7. The van der Waals surface area contributed by atoms with E-state index >= 15 is 0 Å². The summed E-state index contributed by atoms with van der Waals surface area (Å²) < 4.78 is 22.1. The van der Waals surface area contributed by atoms with Crippen LogP contribution in [0.2, 0.25) is 5.02 Å². The third kappa shape index (κ3) is 5.07. The number of tetrazole rings is 1. The summed E-state index contributed by atoms with van der Waals surface area (Å²) in [6.07, 6.45) is 7.46. The quantitative estimate of drug-likeness (QED) is 0.300. The fraction of sp³-hybridized carbons (Fsp3) is 0.333. The van der Waals surface area contributed by atoms with Crippen molar-refractivity contribution in [2.45, 2.75) is 43.5 Å². The number of amides is 1. The largest absolute Gasteiger partial charge is 0.388 e. The highest BCUT2D eigenvalue weighted by atomic mass is 35.5. The van der Waals surface area contributed by atoms with Crippen LogP contribution in [0.4, 0.5) is 10.1 Å². The number of halogens is 2. The van der Waals surface area contributed by atoms with Gasteiger partial charge in [-0.15, -0.1) is 15.0 Å². The van der Waals surface area contributed by atoms with Crippen LogP contribution < -0.4 is 5.32 Å². The normalized spacial score (nSPS) is 19.9. The standard InChI is InChI=1S/C27H25ClFN9O3/c28-21-2-1-18(38-34-25(33-35-38)19-11-22(19)29)10-23(21)32-26(39)20-13-31-37-6-3-16(9-24(20)37)17-12-30-36(14-17)15-27(40)4-7-41-8-5-27/h1-3,6,9-10,12-14,19,22,40H,4-5,7-8,11,15H2,(H,32,39)/t19-,22-/m1/s1. The average molecular weight is 578 g/mol. The molecule has 1 amide bonds. The number of hydrogen-bond donors (Lipinski definition) is 2. The van der Waals surface area contributed by atoms with Crippen molar-refractivity contribution in [2.75, 3.05) is 18.5 Å². The van der Waals surface area contributed by atoms with Crippen LogP contribution in [0.5, 0.6) is 0 Å². The smallest absolute Gasteiger partial charge is 0.259 e. The van der Waals surface area contributed by atoms with Gasteiger partial charge >= 0.3 is 0 Å². The highest BCUT2D eigenvalue weighted by Gasteiger charge is 2.42. The van der Waals surface area contributed by atoms with Gasteiger partial charge in [0.1, 0.15) is 6.17 Å². The second-order valence-corrected chi connectivity index (χ2v) is 10.9. The molecule has 1 saturated carbocycles. The monoisotopic (exact) mass is 577 g/mol. The molecule has 2 fully saturated rings. The molecule has 210 valence electrons. The topological polar surface area (TPSA) is 137 Å². The third-order valence-electron chi connectivity index (χ3n) is 7.51. The molecule has 2 N–H and O–H groups in total. The van der Waals surface area contributed by atoms with E-state index in [1.54, 1.807) is 39.8 Å². The van der Waals surface area contributed by atoms with Gasteiger partial charge in [0.25, 0.3) is 5.91 Å². The lowest BCUT2D eigenvalue weighted by molar-refractivity contribution is -0.0744. The molecule has 41 heavy (non-hydrogen) atoms. The maximum absolute atomic E-state index is 13.4. The van der Waals surface area contributed by atoms with Crippen molar-refractivity contribution in [3.05, 3.63) is 71.5 Å². The van der Waals surface area contributed by atoms with Gasteiger partial charge < -0.3 is 15.2 Å². The SMILES string of the molecule is O=C(Nc1cc(-n2nnc([C@@H]3C[C@H]3F)n2)ccc1Cl)c1cnn2ccc(-c3cnn(CC4(O)CCOCC4)c3)cc12. The fourth-order valence-corrected chi connectivity index (χ4v) is 5.15. The van der Waals surface area contributed by atoms with Crippen LogP contribution >= 0.6 is 11.6 Å². The second-order valence-electron chi connectivity index (χ2n) is 10.5. The molecule has 1 aromatic carbocycles. The number of nitrogens with zero attached hydrogens (tertiary/aromatic N) is 8. The highest BCUT2D eigenvalue weighted by molar-refractivity contribution is 6.34. The molecule has 0 bridgehead atoms. The highest BCUT2D eigenvalue weighted by Crippen LogP contribution is 2.41. The number of pyridine rings is 1. The summed E-state index contributed by atoms with van der Waals surface area (Å²) in [6, 6.07) is 8.68. The first-order chi connectivity index (χ1) is 19.8. The number of alkyl halides is 1. The Morgan fingerprint density at radius 1 is 1.17 bits per heavy atom. The van der Waals surface area contributed by atoms with Gasteiger partial charge in [-0.3, -0.25) is 9.48 Å². The third-order valence-corrected chi connectivity index (χ3v) is 7.84. The van der Waals surface area contributed by atoms with Crippen LogP contribution in [0.25, 0.3) is 22.3 Å². The number of aliphatic hydroxyl groups is 1. The Hall–Kier alpha value is -4.20. The minimum Gasteiger partial charge on any atom is -0.388 e. The molecule has 0 radical (unpaired) electrons. The van der Waals surface area contributed by atoms with Crippen molar-refractivity contribution < 1.29 is 19.0 Å². The number of anilines is 1. The van der Waals surface area contributed by atoms with Crippen molar-refractivity contribution in [3.8, 4) is 16.8 Å². The number of carbonyl (C=O) groups excluding carboxylic acids is 1. The molecule has 14 heteroatoms. The Kier molecular flexibility index (Phi) is 6.29. The van der Waals surface area contributed by atoms with Crippen molar-refractivity contribution >= 4 is 28.7 Å². The van der Waals surface area contributed by atoms with E-state index in [1.165, 1.54) is 11.0 Å². The molecule has 4 aromatic heterocycles. The van der Waals surface area contributed by atoms with Crippen LogP contribution in [-0.2, 0) is 11.3 Å². The summed E-state index contributed by atoms with van der Waals surface area (Å²) in [7, 11) is 0. The number of nitrogens with one attached hydrogen (secondary N) is 1. The zero-order valence-electron chi connectivity index (χ0n) is 21.7. The van der Waals surface area contributed by atoms with Gasteiger partial charge in [-0.05, 0) is 47.5 Å². The Bertz CT molecular complexity index is 1760. The van der Waals surface area contributed by atoms with Gasteiger partial charge in [-0.2, -0.15) is 10.2 Å². The molecule has 0 spiro atoms. The number of benzene rings is 1. The van der Waals surface area contributed by atoms with E-state index < -0.39 is 17.7 Å². The molecule has 2 atom stereocenters. The minimum atomic E-state index is -0.931. The van der Waals surface area contributed by atoms with Crippen molar-refractivity contribution in [3.63, 3.8) is 0 Å². The first-order valence-electron chi connectivity index (χ1n) is 13.2. The van der Waals surface area contributed by atoms with E-state index in [1.807, 2.05) is 18.3 Å². The van der Waals surface area contributed by atoms with E-state index in [2.05, 4.69) is 30.9 Å². The van der Waals surface area contributed by atoms with Crippen molar-refractivity contribution in [1.82, 2.24) is 39.6 Å². The number of hydrogen-bond acceptors (Lipinski definition) is 8. The summed E-state index contributed by atoms with van der Waals surface area (Å²) in [6.45, 7) is 1.44. The lowest BCUT2D eigenvalue weighted by atomic mass is 9.94. The molecule has 1 saturated heterocycles. The lowest BCUT2D eigenvalue weighted by Crippen LogP contribution is -2.40. The van der Waals surface area contributed by atoms with Crippen LogP contribution in [-0.4, -0.2) is 75.6 Å². The number of fused-ring (bicyclic) bond motifs is 1. The van der Waals surface area contributed by atoms with Gasteiger partial charge in [0.15, 0.2) is 5.82 Å². The molecule has 1 aliphatic heterocycles. The first kappa shape index (κ1) is 25.7. The Morgan fingerprint density at radius 2 is 2.00 bits per heavy atom. The van der Waals surface area contributed by atoms with Crippen LogP contribution in [0.3, 0.4) is 0 Å². The predicted molar refractivity (Wildman–Crippen MR) is 146 cm³/mol. The van der Waals surface area contributed by atoms with E-state index in [-0.39, 0.29) is 5.92 Å². The molecular weight excluding hydrogens is 553 g/mol. The summed E-state index contributed by atoms with van der Waals surface area (Å²) >= 11 is 6.39.